The molecule has 0 radical (unpaired) electrons. The van der Waals surface area contributed by atoms with Gasteiger partial charge in [0.15, 0.2) is 6.10 Å². The Kier molecular flexibility index (Phi) is 38.6. The summed E-state index contributed by atoms with van der Waals surface area (Å²) in [6, 6.07) is 0. The Labute approximate surface area is 320 Å². The van der Waals surface area contributed by atoms with Gasteiger partial charge in [-0.05, 0) is 38.5 Å². The third kappa shape index (κ3) is 41.5. The molecule has 0 saturated heterocycles. The fourth-order valence-corrected chi connectivity index (χ4v) is 6.85. The maximum absolute atomic E-state index is 12.4. The van der Waals surface area contributed by atoms with Crippen LogP contribution in [-0.4, -0.2) is 41.0 Å². The lowest BCUT2D eigenvalue weighted by atomic mass is 10.0. The third-order valence-electron chi connectivity index (χ3n) is 9.78. The number of hydrogen-bond donors (Lipinski definition) is 2. The zero-order valence-electron chi connectivity index (χ0n) is 34.0. The van der Waals surface area contributed by atoms with E-state index >= 15 is 0 Å². The van der Waals surface area contributed by atoms with Crippen LogP contribution < -0.4 is 0 Å². The number of unbranched alkanes of at least 4 members (excludes halogenated alkanes) is 29. The van der Waals surface area contributed by atoms with Gasteiger partial charge in [0.1, 0.15) is 6.61 Å². The highest BCUT2D eigenvalue weighted by Crippen LogP contribution is 2.36. The molecule has 0 aliphatic carbocycles. The van der Waals surface area contributed by atoms with Gasteiger partial charge in [-0.25, -0.2) is 4.57 Å². The molecule has 0 saturated carbocycles. The molecule has 0 bridgehead atoms. The van der Waals surface area contributed by atoms with E-state index in [4.69, 9.17) is 19.3 Å². The van der Waals surface area contributed by atoms with Crippen molar-refractivity contribution in [3.8, 4) is 0 Å². The molecule has 52 heavy (non-hydrogen) atoms. The summed E-state index contributed by atoms with van der Waals surface area (Å²) in [6.45, 7) is 3.71. The normalized spacial score (nSPS) is 12.5. The summed E-state index contributed by atoms with van der Waals surface area (Å²) in [5.41, 5.74) is 0. The second kappa shape index (κ2) is 39.5. The highest BCUT2D eigenvalue weighted by molar-refractivity contribution is 7.46. The van der Waals surface area contributed by atoms with E-state index in [1.54, 1.807) is 0 Å². The maximum atomic E-state index is 12.4. The molecule has 0 aliphatic heterocycles. The van der Waals surface area contributed by atoms with Gasteiger partial charge in [-0.3, -0.25) is 14.1 Å². The Morgan fingerprint density at radius 3 is 1.17 bits per heavy atom. The lowest BCUT2D eigenvalue weighted by Gasteiger charge is -2.18. The van der Waals surface area contributed by atoms with Crippen LogP contribution in [0.2, 0.25) is 0 Å². The molecule has 0 aliphatic rings. The topological polar surface area (TPSA) is 119 Å². The number of allylic oxidation sites excluding steroid dienone is 2. The first kappa shape index (κ1) is 50.8. The quantitative estimate of drug-likeness (QED) is 0.0274. The second-order valence-corrected chi connectivity index (χ2v) is 16.3. The average Bonchev–Trinajstić information content (AvgIpc) is 3.11. The zero-order chi connectivity index (χ0) is 38.2. The van der Waals surface area contributed by atoms with Crippen molar-refractivity contribution < 1.29 is 37.9 Å². The van der Waals surface area contributed by atoms with Crippen LogP contribution in [0.15, 0.2) is 12.2 Å². The van der Waals surface area contributed by atoms with Gasteiger partial charge in [-0.1, -0.05) is 193 Å². The van der Waals surface area contributed by atoms with Gasteiger partial charge in [-0.15, -0.1) is 0 Å². The van der Waals surface area contributed by atoms with Crippen LogP contribution in [0.5, 0.6) is 0 Å². The molecule has 308 valence electrons. The maximum Gasteiger partial charge on any atom is 0.469 e. The highest BCUT2D eigenvalue weighted by atomic mass is 31.2. The molecule has 0 amide bonds. The Balaban J connectivity index is 3.86. The molecule has 0 aromatic rings. The minimum absolute atomic E-state index is 0.206. The third-order valence-corrected chi connectivity index (χ3v) is 10.3. The van der Waals surface area contributed by atoms with Gasteiger partial charge >= 0.3 is 19.8 Å². The smallest absolute Gasteiger partial charge is 0.462 e. The summed E-state index contributed by atoms with van der Waals surface area (Å²) in [5, 5.41) is 0. The SMILES string of the molecule is CCCCCCCCC/C=C\CCCCCCCC(=O)O[C@H](COC(=O)CCCCCCCCCCCCCCCCCCCC)COP(=O)(O)O. The van der Waals surface area contributed by atoms with E-state index in [1.807, 2.05) is 0 Å². The number of phosphoric acid groups is 1. The van der Waals surface area contributed by atoms with Crippen molar-refractivity contribution in [3.05, 3.63) is 12.2 Å². The number of phosphoric ester groups is 1. The van der Waals surface area contributed by atoms with E-state index in [-0.39, 0.29) is 19.4 Å². The Morgan fingerprint density at radius 1 is 0.481 bits per heavy atom. The molecule has 8 nitrogen and oxygen atoms in total. The fourth-order valence-electron chi connectivity index (χ4n) is 6.49. The van der Waals surface area contributed by atoms with Crippen molar-refractivity contribution >= 4 is 19.8 Å². The molecular formula is C43H83O8P. The molecule has 0 spiro atoms. The van der Waals surface area contributed by atoms with Crippen LogP contribution in [0.1, 0.15) is 232 Å². The molecule has 0 rings (SSSR count). The Bertz CT molecular complexity index is 858. The summed E-state index contributed by atoms with van der Waals surface area (Å²) < 4.78 is 26.4. The van der Waals surface area contributed by atoms with Crippen LogP contribution in [-0.2, 0) is 28.2 Å². The van der Waals surface area contributed by atoms with Crippen LogP contribution in [0.3, 0.4) is 0 Å². The Morgan fingerprint density at radius 2 is 0.808 bits per heavy atom. The van der Waals surface area contributed by atoms with Crippen LogP contribution in [0, 0.1) is 0 Å². The summed E-state index contributed by atoms with van der Waals surface area (Å²) in [6.07, 6.45) is 43.6. The molecule has 2 N–H and O–H groups in total. The Hall–Kier alpha value is -1.21. The number of ether oxygens (including phenoxy) is 2. The van der Waals surface area contributed by atoms with E-state index in [2.05, 4.69) is 30.5 Å². The van der Waals surface area contributed by atoms with Crippen LogP contribution in [0.4, 0.5) is 0 Å². The van der Waals surface area contributed by atoms with Gasteiger partial charge in [0.2, 0.25) is 0 Å². The predicted octanol–water partition coefficient (Wildman–Crippen LogP) is 13.4. The lowest BCUT2D eigenvalue weighted by molar-refractivity contribution is -0.161. The van der Waals surface area contributed by atoms with E-state index in [9.17, 15) is 14.2 Å². The number of rotatable bonds is 41. The zero-order valence-corrected chi connectivity index (χ0v) is 34.9. The first-order valence-electron chi connectivity index (χ1n) is 22.0. The van der Waals surface area contributed by atoms with Gasteiger partial charge in [0, 0.05) is 12.8 Å². The van der Waals surface area contributed by atoms with Gasteiger partial charge < -0.3 is 19.3 Å². The van der Waals surface area contributed by atoms with Gasteiger partial charge in [0.25, 0.3) is 0 Å². The lowest BCUT2D eigenvalue weighted by Crippen LogP contribution is -2.29. The summed E-state index contributed by atoms with van der Waals surface area (Å²) in [4.78, 5) is 42.9. The highest BCUT2D eigenvalue weighted by Gasteiger charge is 2.22. The minimum atomic E-state index is -4.75. The minimum Gasteiger partial charge on any atom is -0.462 e. The standard InChI is InChI=1S/C43H83O8P/c1-3-5-7-9-11-13-15-17-19-21-22-24-25-27-29-31-33-35-37-42(44)49-39-41(40-50-52(46,47)48)51-43(45)38-36-34-32-30-28-26-23-20-18-16-14-12-10-8-6-4-2/h20,23,41H,3-19,21-22,24-40H2,1-2H3,(H2,46,47,48)/b23-20-/t41-/m1/s1. The molecule has 0 fully saturated rings. The first-order valence-corrected chi connectivity index (χ1v) is 23.5. The molecule has 0 aromatic carbocycles. The second-order valence-electron chi connectivity index (χ2n) is 15.0. The summed E-state index contributed by atoms with van der Waals surface area (Å²) in [7, 11) is -4.75. The molecule has 0 heterocycles. The number of carbonyl (C=O) groups excluding carboxylic acids is 2. The fraction of sp³-hybridized carbons (Fsp3) is 0.907. The summed E-state index contributed by atoms with van der Waals surface area (Å²) in [5.74, 6) is -0.881. The number of esters is 2. The van der Waals surface area contributed by atoms with Crippen molar-refractivity contribution in [1.82, 2.24) is 0 Å². The predicted molar refractivity (Wildman–Crippen MR) is 216 cm³/mol. The van der Waals surface area contributed by atoms with Crippen LogP contribution in [0.25, 0.3) is 0 Å². The monoisotopic (exact) mass is 759 g/mol. The molecule has 9 heteroatoms. The number of hydrogen-bond acceptors (Lipinski definition) is 6. The molecule has 1 atom stereocenters. The van der Waals surface area contributed by atoms with Crippen LogP contribution >= 0.6 is 7.82 Å². The molecule has 0 unspecified atom stereocenters. The van der Waals surface area contributed by atoms with Crippen molar-refractivity contribution in [2.45, 2.75) is 238 Å². The van der Waals surface area contributed by atoms with E-state index in [1.165, 1.54) is 148 Å². The molecular weight excluding hydrogens is 675 g/mol. The first-order chi connectivity index (χ1) is 25.3. The van der Waals surface area contributed by atoms with Crippen molar-refractivity contribution in [2.75, 3.05) is 13.2 Å². The van der Waals surface area contributed by atoms with Gasteiger partial charge in [0.05, 0.1) is 6.61 Å². The summed E-state index contributed by atoms with van der Waals surface area (Å²) >= 11 is 0. The molecule has 0 aromatic heterocycles. The largest absolute Gasteiger partial charge is 0.469 e. The number of carbonyl (C=O) groups is 2. The van der Waals surface area contributed by atoms with E-state index in [0.29, 0.717) is 6.42 Å². The van der Waals surface area contributed by atoms with Crippen molar-refractivity contribution in [3.63, 3.8) is 0 Å². The van der Waals surface area contributed by atoms with Crippen molar-refractivity contribution in [2.24, 2.45) is 0 Å². The van der Waals surface area contributed by atoms with Crippen molar-refractivity contribution in [1.29, 1.82) is 0 Å². The average molecular weight is 759 g/mol. The van der Waals surface area contributed by atoms with Gasteiger partial charge in [-0.2, -0.15) is 0 Å². The van der Waals surface area contributed by atoms with E-state index < -0.39 is 32.5 Å². The van der Waals surface area contributed by atoms with E-state index in [0.717, 1.165) is 51.4 Å².